The third kappa shape index (κ3) is 1.90. The van der Waals surface area contributed by atoms with E-state index in [1.807, 2.05) is 0 Å². The zero-order chi connectivity index (χ0) is 11.7. The van der Waals surface area contributed by atoms with Crippen LogP contribution in [0.2, 0.25) is 5.02 Å². The molecule has 0 fully saturated rings. The summed E-state index contributed by atoms with van der Waals surface area (Å²) in [6.45, 7) is 0. The predicted octanol–water partition coefficient (Wildman–Crippen LogP) is 2.36. The summed E-state index contributed by atoms with van der Waals surface area (Å²) >= 11 is 5.64. The molecule has 2 rings (SSSR count). The number of carboxylic acid groups (broad SMARTS) is 1. The van der Waals surface area contributed by atoms with Crippen molar-refractivity contribution >= 4 is 17.6 Å². The molecule has 0 unspecified atom stereocenters. The smallest absolute Gasteiger partial charge is 0.335 e. The first-order chi connectivity index (χ1) is 7.58. The van der Waals surface area contributed by atoms with Gasteiger partial charge in [0.1, 0.15) is 11.5 Å². The second-order valence-electron chi connectivity index (χ2n) is 3.07. The quantitative estimate of drug-likeness (QED) is 0.877. The standard InChI is InChI=1S/C10H6ClFN2O2/c11-7-4-13-14(5-7)9-3-6(10(15)16)1-2-8(9)12/h1-5H,(H,15,16). The summed E-state index contributed by atoms with van der Waals surface area (Å²) in [7, 11) is 0. The Morgan fingerprint density at radius 3 is 2.81 bits per heavy atom. The van der Waals surface area contributed by atoms with Crippen LogP contribution >= 0.6 is 11.6 Å². The van der Waals surface area contributed by atoms with Crippen molar-refractivity contribution in [2.24, 2.45) is 0 Å². The summed E-state index contributed by atoms with van der Waals surface area (Å²) in [5, 5.41) is 12.9. The zero-order valence-electron chi connectivity index (χ0n) is 7.89. The van der Waals surface area contributed by atoms with E-state index in [-0.39, 0.29) is 11.3 Å². The van der Waals surface area contributed by atoms with Gasteiger partial charge in [-0.05, 0) is 18.2 Å². The van der Waals surface area contributed by atoms with Crippen molar-refractivity contribution in [3.05, 3.63) is 47.0 Å². The normalized spacial score (nSPS) is 10.4. The fraction of sp³-hybridized carbons (Fsp3) is 0. The summed E-state index contributed by atoms with van der Waals surface area (Å²) in [4.78, 5) is 10.7. The van der Waals surface area contributed by atoms with E-state index in [4.69, 9.17) is 16.7 Å². The van der Waals surface area contributed by atoms with Crippen LogP contribution in [0, 0.1) is 5.82 Å². The largest absolute Gasteiger partial charge is 0.478 e. The minimum Gasteiger partial charge on any atom is -0.478 e. The van der Waals surface area contributed by atoms with Crippen LogP contribution in [0.15, 0.2) is 30.6 Å². The van der Waals surface area contributed by atoms with Crippen LogP contribution in [0.3, 0.4) is 0 Å². The number of benzene rings is 1. The van der Waals surface area contributed by atoms with Crippen LogP contribution < -0.4 is 0 Å². The number of nitrogens with zero attached hydrogens (tertiary/aromatic N) is 2. The van der Waals surface area contributed by atoms with Crippen molar-refractivity contribution in [1.29, 1.82) is 0 Å². The third-order valence-electron chi connectivity index (χ3n) is 1.99. The van der Waals surface area contributed by atoms with Crippen LogP contribution in [0.25, 0.3) is 5.69 Å². The fourth-order valence-electron chi connectivity index (χ4n) is 1.25. The third-order valence-corrected chi connectivity index (χ3v) is 2.19. The molecule has 82 valence electrons. The highest BCUT2D eigenvalue weighted by molar-refractivity contribution is 6.30. The number of aromatic carboxylic acids is 1. The molecule has 0 spiro atoms. The summed E-state index contributed by atoms with van der Waals surface area (Å²) in [5.74, 6) is -1.69. The van der Waals surface area contributed by atoms with Gasteiger partial charge >= 0.3 is 5.97 Å². The Balaban J connectivity index is 2.55. The van der Waals surface area contributed by atoms with Gasteiger partial charge in [0, 0.05) is 6.20 Å². The van der Waals surface area contributed by atoms with Crippen LogP contribution in [0.5, 0.6) is 0 Å². The van der Waals surface area contributed by atoms with Crippen LogP contribution in [0.1, 0.15) is 10.4 Å². The Labute approximate surface area is 94.9 Å². The molecular weight excluding hydrogens is 235 g/mol. The van der Waals surface area contributed by atoms with Gasteiger partial charge in [-0.1, -0.05) is 11.6 Å². The van der Waals surface area contributed by atoms with Crippen molar-refractivity contribution in [1.82, 2.24) is 9.78 Å². The molecule has 0 aliphatic rings. The van der Waals surface area contributed by atoms with Gasteiger partial charge in [-0.15, -0.1) is 0 Å². The number of carbonyl (C=O) groups is 1. The minimum absolute atomic E-state index is 0.0111. The number of hydrogen-bond donors (Lipinski definition) is 1. The minimum atomic E-state index is -1.13. The highest BCUT2D eigenvalue weighted by Gasteiger charge is 2.10. The zero-order valence-corrected chi connectivity index (χ0v) is 8.65. The molecule has 0 bridgehead atoms. The summed E-state index contributed by atoms with van der Waals surface area (Å²) in [6.07, 6.45) is 2.74. The molecule has 1 heterocycles. The SMILES string of the molecule is O=C(O)c1ccc(F)c(-n2cc(Cl)cn2)c1. The molecule has 4 nitrogen and oxygen atoms in total. The molecule has 0 aliphatic carbocycles. The fourth-order valence-corrected chi connectivity index (χ4v) is 1.39. The molecule has 0 aliphatic heterocycles. The van der Waals surface area contributed by atoms with Gasteiger partial charge < -0.3 is 5.11 Å². The molecule has 1 aromatic carbocycles. The van der Waals surface area contributed by atoms with Crippen molar-refractivity contribution in [2.75, 3.05) is 0 Å². The Bertz CT molecular complexity index is 554. The van der Waals surface area contributed by atoms with E-state index in [1.54, 1.807) is 0 Å². The Kier molecular flexibility index (Phi) is 2.62. The van der Waals surface area contributed by atoms with Crippen molar-refractivity contribution in [2.45, 2.75) is 0 Å². The van der Waals surface area contributed by atoms with E-state index in [0.717, 1.165) is 6.07 Å². The van der Waals surface area contributed by atoms with E-state index in [1.165, 1.54) is 29.2 Å². The van der Waals surface area contributed by atoms with Gasteiger partial charge in [-0.25, -0.2) is 13.9 Å². The van der Waals surface area contributed by atoms with Gasteiger partial charge in [0.25, 0.3) is 0 Å². The van der Waals surface area contributed by atoms with E-state index in [2.05, 4.69) is 5.10 Å². The average Bonchev–Trinajstić information content (AvgIpc) is 2.65. The lowest BCUT2D eigenvalue weighted by molar-refractivity contribution is 0.0697. The number of carboxylic acids is 1. The Hall–Kier alpha value is -1.88. The van der Waals surface area contributed by atoms with Crippen LogP contribution in [0.4, 0.5) is 4.39 Å². The van der Waals surface area contributed by atoms with Crippen molar-refractivity contribution in [3.8, 4) is 5.69 Å². The first kappa shape index (κ1) is 10.6. The van der Waals surface area contributed by atoms with E-state index in [0.29, 0.717) is 5.02 Å². The molecule has 0 atom stereocenters. The molecule has 16 heavy (non-hydrogen) atoms. The number of halogens is 2. The second kappa shape index (κ2) is 3.94. The topological polar surface area (TPSA) is 55.1 Å². The van der Waals surface area contributed by atoms with E-state index >= 15 is 0 Å². The number of rotatable bonds is 2. The highest BCUT2D eigenvalue weighted by atomic mass is 35.5. The van der Waals surface area contributed by atoms with E-state index in [9.17, 15) is 9.18 Å². The number of aromatic nitrogens is 2. The summed E-state index contributed by atoms with van der Waals surface area (Å²) < 4.78 is 14.6. The maximum Gasteiger partial charge on any atom is 0.335 e. The van der Waals surface area contributed by atoms with E-state index < -0.39 is 11.8 Å². The lowest BCUT2D eigenvalue weighted by atomic mass is 10.2. The van der Waals surface area contributed by atoms with Gasteiger partial charge in [-0.3, -0.25) is 0 Å². The molecule has 0 saturated carbocycles. The van der Waals surface area contributed by atoms with Gasteiger partial charge in [-0.2, -0.15) is 5.10 Å². The second-order valence-corrected chi connectivity index (χ2v) is 3.51. The molecule has 6 heteroatoms. The Morgan fingerprint density at radius 2 is 2.25 bits per heavy atom. The van der Waals surface area contributed by atoms with Crippen LogP contribution in [-0.4, -0.2) is 20.9 Å². The van der Waals surface area contributed by atoms with Gasteiger partial charge in [0.15, 0.2) is 0 Å². The Morgan fingerprint density at radius 1 is 1.50 bits per heavy atom. The first-order valence-electron chi connectivity index (χ1n) is 4.31. The lowest BCUT2D eigenvalue weighted by Crippen LogP contribution is -2.02. The highest BCUT2D eigenvalue weighted by Crippen LogP contribution is 2.17. The summed E-state index contributed by atoms with van der Waals surface area (Å²) in [5.41, 5.74) is 0.0369. The molecular formula is C10H6ClFN2O2. The first-order valence-corrected chi connectivity index (χ1v) is 4.69. The molecule has 0 radical (unpaired) electrons. The maximum absolute atomic E-state index is 13.4. The average molecular weight is 241 g/mol. The van der Waals surface area contributed by atoms with Crippen molar-refractivity contribution < 1.29 is 14.3 Å². The van der Waals surface area contributed by atoms with Crippen LogP contribution in [-0.2, 0) is 0 Å². The van der Waals surface area contributed by atoms with Gasteiger partial charge in [0.2, 0.25) is 0 Å². The molecule has 1 N–H and O–H groups in total. The van der Waals surface area contributed by atoms with Gasteiger partial charge in [0.05, 0.1) is 16.8 Å². The molecule has 2 aromatic rings. The molecule has 1 aromatic heterocycles. The molecule has 0 amide bonds. The molecule has 0 saturated heterocycles. The predicted molar refractivity (Wildman–Crippen MR) is 55.5 cm³/mol. The maximum atomic E-state index is 13.4. The number of hydrogen-bond acceptors (Lipinski definition) is 2. The monoisotopic (exact) mass is 240 g/mol. The van der Waals surface area contributed by atoms with Crippen molar-refractivity contribution in [3.63, 3.8) is 0 Å². The lowest BCUT2D eigenvalue weighted by Gasteiger charge is -2.03. The summed E-state index contributed by atoms with van der Waals surface area (Å²) in [6, 6.07) is 3.46.